The van der Waals surface area contributed by atoms with Gasteiger partial charge in [0, 0.05) is 56.4 Å². The highest BCUT2D eigenvalue weighted by Crippen LogP contribution is 2.25. The number of carbonyl (C=O) groups excluding carboxylic acids is 1. The van der Waals surface area contributed by atoms with Gasteiger partial charge in [0.2, 0.25) is 0 Å². The Morgan fingerprint density at radius 1 is 0.806 bits per heavy atom. The molecule has 1 aliphatic rings. The van der Waals surface area contributed by atoms with Crippen molar-refractivity contribution in [2.45, 2.75) is 20.0 Å². The van der Waals surface area contributed by atoms with Gasteiger partial charge in [-0.3, -0.25) is 14.4 Å². The minimum absolute atomic E-state index is 0.102. The number of hydrogen-bond donors (Lipinski definition) is 1. The highest BCUT2D eigenvalue weighted by atomic mass is 16.1. The molecule has 0 unspecified atom stereocenters. The molecule has 1 N–H and O–H groups in total. The van der Waals surface area contributed by atoms with Gasteiger partial charge in [0.05, 0.1) is 6.54 Å². The Morgan fingerprint density at radius 2 is 1.47 bits per heavy atom. The van der Waals surface area contributed by atoms with Crippen LogP contribution in [0.1, 0.15) is 28.4 Å². The maximum absolute atomic E-state index is 13.2. The van der Waals surface area contributed by atoms with E-state index >= 15 is 0 Å². The zero-order valence-electron chi connectivity index (χ0n) is 20.8. The Balaban J connectivity index is 1.23. The molecule has 1 fully saturated rings. The second kappa shape index (κ2) is 11.3. The lowest BCUT2D eigenvalue weighted by Crippen LogP contribution is -2.45. The normalized spacial score (nSPS) is 14.6. The number of nitrogens with zero attached hydrogens (tertiary/aromatic N) is 4. The van der Waals surface area contributed by atoms with Crippen LogP contribution in [0.5, 0.6) is 0 Å². The summed E-state index contributed by atoms with van der Waals surface area (Å²) in [5.74, 6) is -0.102. The van der Waals surface area contributed by atoms with E-state index in [2.05, 4.69) is 63.5 Å². The molecule has 4 aromatic rings. The fourth-order valence-corrected chi connectivity index (χ4v) is 4.72. The lowest BCUT2D eigenvalue weighted by atomic mass is 9.98. The van der Waals surface area contributed by atoms with E-state index in [0.717, 1.165) is 68.2 Å². The van der Waals surface area contributed by atoms with Gasteiger partial charge in [-0.25, -0.2) is 0 Å². The summed E-state index contributed by atoms with van der Waals surface area (Å²) in [5.41, 5.74) is 5.84. The van der Waals surface area contributed by atoms with Crippen molar-refractivity contribution in [2.24, 2.45) is 0 Å². The van der Waals surface area contributed by atoms with Crippen molar-refractivity contribution in [1.29, 1.82) is 0 Å². The Morgan fingerprint density at radius 3 is 2.17 bits per heavy atom. The summed E-state index contributed by atoms with van der Waals surface area (Å²) in [6.07, 6.45) is 3.74. The molecule has 36 heavy (non-hydrogen) atoms. The number of likely N-dealkylation sites (N-methyl/N-ethyl adjacent to an activating group) is 1. The van der Waals surface area contributed by atoms with Crippen LogP contribution in [0, 0.1) is 0 Å². The van der Waals surface area contributed by atoms with Crippen LogP contribution in [0.15, 0.2) is 91.3 Å². The van der Waals surface area contributed by atoms with Crippen molar-refractivity contribution in [1.82, 2.24) is 19.6 Å². The third-order valence-electron chi connectivity index (χ3n) is 6.87. The van der Waals surface area contributed by atoms with Gasteiger partial charge in [0.1, 0.15) is 0 Å². The highest BCUT2D eigenvalue weighted by molar-refractivity contribution is 6.08. The van der Waals surface area contributed by atoms with E-state index in [1.54, 1.807) is 6.20 Å². The topological polar surface area (TPSA) is 53.4 Å². The minimum Gasteiger partial charge on any atom is -0.322 e. The first-order valence-corrected chi connectivity index (χ1v) is 12.7. The Bertz CT molecular complexity index is 1260. The molecule has 0 saturated carbocycles. The van der Waals surface area contributed by atoms with E-state index < -0.39 is 0 Å². The molecular weight excluding hydrogens is 446 g/mol. The molecule has 5 rings (SSSR count). The fourth-order valence-electron chi connectivity index (χ4n) is 4.72. The molecule has 1 amide bonds. The summed E-state index contributed by atoms with van der Waals surface area (Å²) < 4.78 is 1.90. The fraction of sp³-hybridized carbons (Fsp3) is 0.267. The maximum atomic E-state index is 13.2. The van der Waals surface area contributed by atoms with Crippen LogP contribution in [-0.4, -0.2) is 58.2 Å². The average Bonchev–Trinajstić information content (AvgIpc) is 3.44. The van der Waals surface area contributed by atoms with Crippen molar-refractivity contribution in [2.75, 3.05) is 38.0 Å². The van der Waals surface area contributed by atoms with Gasteiger partial charge < -0.3 is 10.2 Å². The van der Waals surface area contributed by atoms with E-state index in [1.165, 1.54) is 5.56 Å². The molecular formula is C30H33N5O. The van der Waals surface area contributed by atoms with Gasteiger partial charge in [-0.05, 0) is 53.1 Å². The largest absolute Gasteiger partial charge is 0.322 e. The molecule has 0 atom stereocenters. The first kappa shape index (κ1) is 24.0. The quantitative estimate of drug-likeness (QED) is 0.387. The van der Waals surface area contributed by atoms with Gasteiger partial charge >= 0.3 is 0 Å². The molecule has 2 heterocycles. The lowest BCUT2D eigenvalue weighted by Gasteiger charge is -2.34. The van der Waals surface area contributed by atoms with Crippen molar-refractivity contribution in [3.63, 3.8) is 0 Å². The van der Waals surface area contributed by atoms with Crippen LogP contribution in [-0.2, 0) is 13.1 Å². The molecule has 6 nitrogen and oxygen atoms in total. The molecule has 3 aromatic carbocycles. The summed E-state index contributed by atoms with van der Waals surface area (Å²) in [5, 5.41) is 7.35. The molecule has 1 saturated heterocycles. The van der Waals surface area contributed by atoms with Crippen molar-refractivity contribution >= 4 is 11.6 Å². The molecule has 6 heteroatoms. The summed E-state index contributed by atoms with van der Waals surface area (Å²) in [6, 6.07) is 26.2. The summed E-state index contributed by atoms with van der Waals surface area (Å²) in [7, 11) is 0. The number of piperazine rings is 1. The monoisotopic (exact) mass is 479 g/mol. The number of aromatic nitrogens is 2. The SMILES string of the molecule is CCN1CCN(Cc2ccc(NC(=O)c3ccccc3-c3ccc(Cn4cccn4)cc3)cc2)CC1. The number of nitrogens with one attached hydrogen (secondary N) is 1. The number of rotatable bonds is 8. The van der Waals surface area contributed by atoms with Crippen LogP contribution in [0.2, 0.25) is 0 Å². The van der Waals surface area contributed by atoms with Crippen molar-refractivity contribution < 1.29 is 4.79 Å². The zero-order valence-corrected chi connectivity index (χ0v) is 20.8. The van der Waals surface area contributed by atoms with E-state index in [-0.39, 0.29) is 5.91 Å². The van der Waals surface area contributed by atoms with Gasteiger partial charge in [-0.2, -0.15) is 5.10 Å². The predicted octanol–water partition coefficient (Wildman–Crippen LogP) is 4.99. The Kier molecular flexibility index (Phi) is 7.55. The second-order valence-electron chi connectivity index (χ2n) is 9.31. The van der Waals surface area contributed by atoms with Gasteiger partial charge in [0.15, 0.2) is 0 Å². The van der Waals surface area contributed by atoms with E-state index in [1.807, 2.05) is 53.3 Å². The third kappa shape index (κ3) is 5.90. The first-order chi connectivity index (χ1) is 17.7. The predicted molar refractivity (Wildman–Crippen MR) is 145 cm³/mol. The number of carbonyl (C=O) groups is 1. The maximum Gasteiger partial charge on any atom is 0.256 e. The van der Waals surface area contributed by atoms with Crippen LogP contribution < -0.4 is 5.32 Å². The lowest BCUT2D eigenvalue weighted by molar-refractivity contribution is 0.102. The summed E-state index contributed by atoms with van der Waals surface area (Å²) in [6.45, 7) is 9.50. The van der Waals surface area contributed by atoms with Crippen LogP contribution in [0.25, 0.3) is 11.1 Å². The minimum atomic E-state index is -0.102. The van der Waals surface area contributed by atoms with E-state index in [4.69, 9.17) is 0 Å². The van der Waals surface area contributed by atoms with E-state index in [9.17, 15) is 4.79 Å². The highest BCUT2D eigenvalue weighted by Gasteiger charge is 2.16. The zero-order chi connectivity index (χ0) is 24.7. The van der Waals surface area contributed by atoms with Crippen LogP contribution in [0.3, 0.4) is 0 Å². The van der Waals surface area contributed by atoms with Gasteiger partial charge in [0.25, 0.3) is 5.91 Å². The van der Waals surface area contributed by atoms with Gasteiger partial charge in [-0.15, -0.1) is 0 Å². The smallest absolute Gasteiger partial charge is 0.256 e. The molecule has 0 aliphatic carbocycles. The number of amides is 1. The molecule has 184 valence electrons. The number of anilines is 1. The molecule has 0 radical (unpaired) electrons. The molecule has 0 spiro atoms. The van der Waals surface area contributed by atoms with E-state index in [0.29, 0.717) is 5.56 Å². The Hall–Kier alpha value is -3.74. The number of hydrogen-bond acceptors (Lipinski definition) is 4. The molecule has 1 aromatic heterocycles. The molecule has 1 aliphatic heterocycles. The average molecular weight is 480 g/mol. The van der Waals surface area contributed by atoms with Crippen LogP contribution in [0.4, 0.5) is 5.69 Å². The first-order valence-electron chi connectivity index (χ1n) is 12.7. The summed E-state index contributed by atoms with van der Waals surface area (Å²) >= 11 is 0. The third-order valence-corrected chi connectivity index (χ3v) is 6.87. The standard InChI is InChI=1S/C30H33N5O/c1-2-33-18-20-34(21-19-33)22-24-10-14-27(15-11-24)32-30(36)29-7-4-3-6-28(29)26-12-8-25(9-13-26)23-35-17-5-16-31-35/h3-17H,2,18-23H2,1H3,(H,32,36). The molecule has 0 bridgehead atoms. The number of benzene rings is 3. The van der Waals surface area contributed by atoms with Crippen LogP contribution >= 0.6 is 0 Å². The Labute approximate surface area is 213 Å². The van der Waals surface area contributed by atoms with Crippen molar-refractivity contribution in [3.05, 3.63) is 108 Å². The van der Waals surface area contributed by atoms with Gasteiger partial charge in [-0.1, -0.05) is 61.5 Å². The summed E-state index contributed by atoms with van der Waals surface area (Å²) in [4.78, 5) is 18.2. The second-order valence-corrected chi connectivity index (χ2v) is 9.31. The van der Waals surface area contributed by atoms with Crippen molar-refractivity contribution in [3.8, 4) is 11.1 Å².